The van der Waals surface area contributed by atoms with Crippen LogP contribution in [0.1, 0.15) is 28.4 Å². The lowest BCUT2D eigenvalue weighted by Gasteiger charge is -2.13. The molecule has 0 heterocycles. The minimum absolute atomic E-state index is 0.284. The molecule has 0 bridgehead atoms. The number of fused-ring (bicyclic) bond motifs is 1. The predicted octanol–water partition coefficient (Wildman–Crippen LogP) is 6.89. The lowest BCUT2D eigenvalue weighted by molar-refractivity contribution is 0.0955. The normalized spacial score (nSPS) is 11.0. The minimum atomic E-state index is -0.284. The highest BCUT2D eigenvalue weighted by Crippen LogP contribution is 2.30. The van der Waals surface area contributed by atoms with Gasteiger partial charge in [0.1, 0.15) is 6.61 Å². The molecule has 1 N–H and O–H groups in total. The summed E-state index contributed by atoms with van der Waals surface area (Å²) in [7, 11) is 0. The fourth-order valence-electron chi connectivity index (χ4n) is 3.34. The van der Waals surface area contributed by atoms with Crippen molar-refractivity contribution in [2.24, 2.45) is 5.10 Å². The highest BCUT2D eigenvalue weighted by molar-refractivity contribution is 6.42. The Kier molecular flexibility index (Phi) is 7.68. The Hall–Kier alpha value is -3.54. The summed E-state index contributed by atoms with van der Waals surface area (Å²) in [5, 5.41) is 7.14. The number of rotatable bonds is 8. The molecule has 7 heteroatoms. The first-order valence-corrected chi connectivity index (χ1v) is 11.4. The topological polar surface area (TPSA) is 59.9 Å². The van der Waals surface area contributed by atoms with Crippen LogP contribution in [-0.4, -0.2) is 18.7 Å². The maximum Gasteiger partial charge on any atom is 0.271 e. The predicted molar refractivity (Wildman–Crippen MR) is 137 cm³/mol. The number of hydrazone groups is 1. The van der Waals surface area contributed by atoms with E-state index in [1.807, 2.05) is 55.5 Å². The lowest BCUT2D eigenvalue weighted by atomic mass is 10.1. The van der Waals surface area contributed by atoms with E-state index in [0.717, 1.165) is 21.9 Å². The molecule has 0 saturated carbocycles. The van der Waals surface area contributed by atoms with Crippen molar-refractivity contribution >= 4 is 46.1 Å². The third-order valence-electron chi connectivity index (χ3n) is 5.04. The molecule has 4 aromatic rings. The highest BCUT2D eigenvalue weighted by Gasteiger charge is 2.08. The van der Waals surface area contributed by atoms with Crippen molar-refractivity contribution in [3.05, 3.63) is 106 Å². The Bertz CT molecular complexity index is 1360. The molecule has 4 aromatic carbocycles. The molecule has 34 heavy (non-hydrogen) atoms. The fourth-order valence-corrected chi connectivity index (χ4v) is 3.66. The average molecular weight is 493 g/mol. The van der Waals surface area contributed by atoms with Crippen LogP contribution in [0.3, 0.4) is 0 Å². The number of carbonyl (C=O) groups is 1. The van der Waals surface area contributed by atoms with Gasteiger partial charge in [0.25, 0.3) is 5.91 Å². The number of hydrogen-bond acceptors (Lipinski definition) is 4. The molecular formula is C27H22Cl2N2O3. The van der Waals surface area contributed by atoms with Gasteiger partial charge in [-0.3, -0.25) is 4.79 Å². The van der Waals surface area contributed by atoms with Crippen molar-refractivity contribution in [3.63, 3.8) is 0 Å². The monoisotopic (exact) mass is 492 g/mol. The summed E-state index contributed by atoms with van der Waals surface area (Å²) in [6, 6.07) is 24.2. The first kappa shape index (κ1) is 23.6. The molecule has 0 spiro atoms. The van der Waals surface area contributed by atoms with Gasteiger partial charge in [-0.25, -0.2) is 5.43 Å². The van der Waals surface area contributed by atoms with Crippen molar-refractivity contribution in [2.45, 2.75) is 13.5 Å². The van der Waals surface area contributed by atoms with Gasteiger partial charge in [-0.2, -0.15) is 5.10 Å². The third-order valence-corrected chi connectivity index (χ3v) is 5.78. The second-order valence-corrected chi connectivity index (χ2v) is 8.25. The Labute approximate surface area is 207 Å². The van der Waals surface area contributed by atoms with Crippen molar-refractivity contribution in [2.75, 3.05) is 6.61 Å². The van der Waals surface area contributed by atoms with Crippen LogP contribution in [0.4, 0.5) is 0 Å². The van der Waals surface area contributed by atoms with Crippen molar-refractivity contribution in [1.29, 1.82) is 0 Å². The third kappa shape index (κ3) is 5.87. The number of carbonyl (C=O) groups excluding carboxylic acids is 1. The van der Waals surface area contributed by atoms with E-state index in [9.17, 15) is 4.79 Å². The second-order valence-electron chi connectivity index (χ2n) is 7.44. The Morgan fingerprint density at radius 2 is 1.71 bits per heavy atom. The van der Waals surface area contributed by atoms with Crippen molar-refractivity contribution < 1.29 is 14.3 Å². The van der Waals surface area contributed by atoms with Crippen LogP contribution in [0.2, 0.25) is 10.0 Å². The zero-order valence-electron chi connectivity index (χ0n) is 18.4. The van der Waals surface area contributed by atoms with Gasteiger partial charge >= 0.3 is 0 Å². The Balaban J connectivity index is 1.42. The largest absolute Gasteiger partial charge is 0.490 e. The maximum atomic E-state index is 12.5. The van der Waals surface area contributed by atoms with E-state index in [1.54, 1.807) is 36.5 Å². The highest BCUT2D eigenvalue weighted by atomic mass is 35.5. The van der Waals surface area contributed by atoms with E-state index in [4.69, 9.17) is 32.7 Å². The summed E-state index contributed by atoms with van der Waals surface area (Å²) in [6.45, 7) is 2.68. The number of amides is 1. The van der Waals surface area contributed by atoms with Gasteiger partial charge in [-0.15, -0.1) is 0 Å². The Morgan fingerprint density at radius 3 is 2.50 bits per heavy atom. The van der Waals surface area contributed by atoms with E-state index in [1.165, 1.54) is 0 Å². The zero-order valence-corrected chi connectivity index (χ0v) is 19.9. The molecule has 0 aliphatic rings. The van der Waals surface area contributed by atoms with Gasteiger partial charge in [-0.1, -0.05) is 59.6 Å². The molecule has 0 unspecified atom stereocenters. The molecular weight excluding hydrogens is 471 g/mol. The van der Waals surface area contributed by atoms with Gasteiger partial charge in [0.15, 0.2) is 11.5 Å². The summed E-state index contributed by atoms with van der Waals surface area (Å²) in [6.07, 6.45) is 1.56. The minimum Gasteiger partial charge on any atom is -0.490 e. The smallest absolute Gasteiger partial charge is 0.271 e. The summed E-state index contributed by atoms with van der Waals surface area (Å²) < 4.78 is 11.6. The van der Waals surface area contributed by atoms with E-state index in [2.05, 4.69) is 10.5 Å². The van der Waals surface area contributed by atoms with Gasteiger partial charge in [0.05, 0.1) is 22.9 Å². The second kappa shape index (κ2) is 11.1. The SMILES string of the molecule is CCOc1cc(/C=N\NC(=O)c2ccc3ccccc3c2)ccc1OCc1ccc(Cl)c(Cl)c1. The van der Waals surface area contributed by atoms with E-state index < -0.39 is 0 Å². The summed E-state index contributed by atoms with van der Waals surface area (Å²) in [5.41, 5.74) is 4.75. The first-order chi connectivity index (χ1) is 16.5. The molecule has 0 fully saturated rings. The fraction of sp³-hybridized carbons (Fsp3) is 0.111. The number of hydrogen-bond donors (Lipinski definition) is 1. The van der Waals surface area contributed by atoms with E-state index in [-0.39, 0.29) is 5.91 Å². The van der Waals surface area contributed by atoms with Crippen LogP contribution < -0.4 is 14.9 Å². The molecule has 0 radical (unpaired) electrons. The molecule has 0 atom stereocenters. The van der Waals surface area contributed by atoms with Gasteiger partial charge in [-0.05, 0) is 71.3 Å². The van der Waals surface area contributed by atoms with Crippen LogP contribution in [0.5, 0.6) is 11.5 Å². The number of halogens is 2. The molecule has 0 aliphatic carbocycles. The lowest BCUT2D eigenvalue weighted by Crippen LogP contribution is -2.17. The standard InChI is InChI=1S/C27H22Cl2N2O3/c1-2-33-26-14-18(8-12-25(26)34-17-19-7-11-23(28)24(29)13-19)16-30-31-27(32)22-10-9-20-5-3-4-6-21(20)15-22/h3-16H,2,17H2,1H3,(H,31,32)/b30-16-. The van der Waals surface area contributed by atoms with Gasteiger partial charge in [0, 0.05) is 5.56 Å². The van der Waals surface area contributed by atoms with E-state index in [0.29, 0.717) is 40.3 Å². The molecule has 5 nitrogen and oxygen atoms in total. The summed E-state index contributed by atoms with van der Waals surface area (Å²) >= 11 is 12.0. The maximum absolute atomic E-state index is 12.5. The quantitative estimate of drug-likeness (QED) is 0.215. The van der Waals surface area contributed by atoms with Crippen molar-refractivity contribution in [3.8, 4) is 11.5 Å². The average Bonchev–Trinajstić information content (AvgIpc) is 2.85. The number of nitrogens with zero attached hydrogens (tertiary/aromatic N) is 1. The number of benzene rings is 4. The van der Waals surface area contributed by atoms with Crippen LogP contribution in [0, 0.1) is 0 Å². The zero-order chi connectivity index (χ0) is 23.9. The molecule has 4 rings (SSSR count). The van der Waals surface area contributed by atoms with Gasteiger partial charge < -0.3 is 9.47 Å². The van der Waals surface area contributed by atoms with Gasteiger partial charge in [0.2, 0.25) is 0 Å². The first-order valence-electron chi connectivity index (χ1n) is 10.7. The molecule has 172 valence electrons. The molecule has 0 aromatic heterocycles. The van der Waals surface area contributed by atoms with Crippen LogP contribution >= 0.6 is 23.2 Å². The molecule has 1 amide bonds. The Morgan fingerprint density at radius 1 is 0.882 bits per heavy atom. The van der Waals surface area contributed by atoms with Crippen molar-refractivity contribution in [1.82, 2.24) is 5.43 Å². The summed E-state index contributed by atoms with van der Waals surface area (Å²) in [5.74, 6) is 0.881. The van der Waals surface area contributed by atoms with E-state index >= 15 is 0 Å². The van der Waals surface area contributed by atoms with Crippen LogP contribution in [0.15, 0.2) is 84.0 Å². The molecule has 0 saturated heterocycles. The number of nitrogens with one attached hydrogen (secondary N) is 1. The van der Waals surface area contributed by atoms with Crippen LogP contribution in [0.25, 0.3) is 10.8 Å². The van der Waals surface area contributed by atoms with Crippen LogP contribution in [-0.2, 0) is 6.61 Å². The molecule has 0 aliphatic heterocycles. The number of ether oxygens (including phenoxy) is 2. The summed E-state index contributed by atoms with van der Waals surface area (Å²) in [4.78, 5) is 12.5.